The molecule has 2 amide bonds. The number of fused-ring (bicyclic) bond motifs is 2. The van der Waals surface area contributed by atoms with Crippen LogP contribution in [0.2, 0.25) is 0 Å². The van der Waals surface area contributed by atoms with Crippen LogP contribution in [0, 0.1) is 0 Å². The first-order valence-electron chi connectivity index (χ1n) is 8.84. The lowest BCUT2D eigenvalue weighted by atomic mass is 10.1. The van der Waals surface area contributed by atoms with Crippen molar-refractivity contribution in [3.05, 3.63) is 53.1 Å². The lowest BCUT2D eigenvalue weighted by Crippen LogP contribution is -2.46. The fourth-order valence-corrected chi connectivity index (χ4v) is 3.37. The highest BCUT2D eigenvalue weighted by Crippen LogP contribution is 2.27. The van der Waals surface area contributed by atoms with Gasteiger partial charge in [-0.3, -0.25) is 0 Å². The zero-order valence-electron chi connectivity index (χ0n) is 14.4. The van der Waals surface area contributed by atoms with Crippen molar-refractivity contribution in [2.75, 3.05) is 13.1 Å². The van der Waals surface area contributed by atoms with Crippen molar-refractivity contribution in [3.8, 4) is 5.75 Å². The largest absolute Gasteiger partial charge is 0.488 e. The maximum atomic E-state index is 12.5. The number of nitrogens with zero attached hydrogens (tertiary/aromatic N) is 3. The van der Waals surface area contributed by atoms with Crippen molar-refractivity contribution < 1.29 is 9.53 Å². The topological polar surface area (TPSA) is 67.4 Å². The first-order valence-corrected chi connectivity index (χ1v) is 8.84. The average molecular weight is 338 g/mol. The van der Waals surface area contributed by atoms with E-state index in [2.05, 4.69) is 21.4 Å². The van der Waals surface area contributed by atoms with Crippen molar-refractivity contribution >= 4 is 6.03 Å². The molecule has 3 heterocycles. The Hall–Kier alpha value is -2.63. The molecule has 130 valence electrons. The van der Waals surface area contributed by atoms with Gasteiger partial charge in [0.2, 0.25) is 0 Å². The maximum Gasteiger partial charge on any atom is 0.317 e. The quantitative estimate of drug-likeness (QED) is 0.931. The Morgan fingerprint density at radius 2 is 2.24 bits per heavy atom. The molecule has 2 aliphatic heterocycles. The number of para-hydroxylation sites is 1. The Kier molecular flexibility index (Phi) is 4.26. The van der Waals surface area contributed by atoms with E-state index < -0.39 is 0 Å². The molecule has 25 heavy (non-hydrogen) atoms. The molecule has 0 spiro atoms. The second kappa shape index (κ2) is 6.70. The molecule has 1 N–H and O–H groups in total. The molecule has 0 radical (unpaired) electrons. The first-order chi connectivity index (χ1) is 12.2. The van der Waals surface area contributed by atoms with E-state index in [-0.39, 0.29) is 12.1 Å². The van der Waals surface area contributed by atoms with Gasteiger partial charge in [0.15, 0.2) is 0 Å². The van der Waals surface area contributed by atoms with Crippen molar-refractivity contribution in [1.82, 2.24) is 20.2 Å². The monoisotopic (exact) mass is 338 g/mol. The summed E-state index contributed by atoms with van der Waals surface area (Å²) >= 11 is 0. The number of aromatic nitrogens is 2. The summed E-state index contributed by atoms with van der Waals surface area (Å²) in [4.78, 5) is 23.2. The lowest BCUT2D eigenvalue weighted by Gasteiger charge is -2.28. The summed E-state index contributed by atoms with van der Waals surface area (Å²) in [6.45, 7) is 3.79. The molecule has 1 atom stereocenters. The van der Waals surface area contributed by atoms with Gasteiger partial charge >= 0.3 is 6.03 Å². The summed E-state index contributed by atoms with van der Waals surface area (Å²) in [5.41, 5.74) is 3.33. The minimum atomic E-state index is -0.0538. The van der Waals surface area contributed by atoms with Gasteiger partial charge in [-0.25, -0.2) is 14.8 Å². The smallest absolute Gasteiger partial charge is 0.317 e. The second-order valence-electron chi connectivity index (χ2n) is 6.52. The maximum absolute atomic E-state index is 12.5. The van der Waals surface area contributed by atoms with Crippen LogP contribution in [0.3, 0.4) is 0 Å². The van der Waals surface area contributed by atoms with Crippen LogP contribution in [0.4, 0.5) is 4.79 Å². The van der Waals surface area contributed by atoms with Gasteiger partial charge in [-0.1, -0.05) is 25.1 Å². The number of amides is 2. The third-order valence-electron chi connectivity index (χ3n) is 4.79. The summed E-state index contributed by atoms with van der Waals surface area (Å²) in [6, 6.07) is 7.98. The fraction of sp³-hybridized carbons (Fsp3) is 0.421. The highest BCUT2D eigenvalue weighted by Gasteiger charge is 2.25. The van der Waals surface area contributed by atoms with Crippen molar-refractivity contribution in [2.24, 2.45) is 0 Å². The molecule has 0 bridgehead atoms. The summed E-state index contributed by atoms with van der Waals surface area (Å²) in [7, 11) is 0. The van der Waals surface area contributed by atoms with Crippen molar-refractivity contribution in [2.45, 2.75) is 38.8 Å². The van der Waals surface area contributed by atoms with E-state index in [1.165, 1.54) is 5.56 Å². The highest BCUT2D eigenvalue weighted by molar-refractivity contribution is 5.74. The standard InChI is InChI=1S/C19H22N4O2/c1-2-18-20-10-14-7-8-23(12-16(14)22-18)19(24)21-11-15-9-13-5-3-4-6-17(13)25-15/h3-6,10,15H,2,7-9,11-12H2,1H3,(H,21,24)/t15-/m0/s1. The van der Waals surface area contributed by atoms with Crippen LogP contribution in [0.5, 0.6) is 5.75 Å². The van der Waals surface area contributed by atoms with Crippen LogP contribution in [-0.2, 0) is 25.8 Å². The summed E-state index contributed by atoms with van der Waals surface area (Å²) in [5.74, 6) is 1.76. The van der Waals surface area contributed by atoms with Gasteiger partial charge < -0.3 is 15.0 Å². The van der Waals surface area contributed by atoms with E-state index in [9.17, 15) is 4.79 Å². The molecule has 2 aliphatic rings. The van der Waals surface area contributed by atoms with Gasteiger partial charge in [0.1, 0.15) is 17.7 Å². The minimum Gasteiger partial charge on any atom is -0.488 e. The van der Waals surface area contributed by atoms with Gasteiger partial charge in [0, 0.05) is 25.6 Å². The molecule has 1 aromatic heterocycles. The third-order valence-corrected chi connectivity index (χ3v) is 4.79. The molecule has 0 saturated heterocycles. The van der Waals surface area contributed by atoms with E-state index in [0.717, 1.165) is 42.1 Å². The predicted molar refractivity (Wildman–Crippen MR) is 93.5 cm³/mol. The molecular weight excluding hydrogens is 316 g/mol. The Balaban J connectivity index is 1.33. The Morgan fingerprint density at radius 1 is 1.36 bits per heavy atom. The van der Waals surface area contributed by atoms with Crippen LogP contribution in [0.25, 0.3) is 0 Å². The number of ether oxygens (including phenoxy) is 1. The molecular formula is C19H22N4O2. The number of benzene rings is 1. The zero-order chi connectivity index (χ0) is 17.2. The van der Waals surface area contributed by atoms with Crippen molar-refractivity contribution in [3.63, 3.8) is 0 Å². The van der Waals surface area contributed by atoms with E-state index in [1.807, 2.05) is 36.2 Å². The second-order valence-corrected chi connectivity index (χ2v) is 6.52. The van der Waals surface area contributed by atoms with Crippen LogP contribution < -0.4 is 10.1 Å². The molecule has 0 saturated carbocycles. The Bertz CT molecular complexity index is 768. The number of carbonyl (C=O) groups excluding carboxylic acids is 1. The fourth-order valence-electron chi connectivity index (χ4n) is 3.37. The summed E-state index contributed by atoms with van der Waals surface area (Å²) < 4.78 is 5.88. The minimum absolute atomic E-state index is 0.00689. The van der Waals surface area contributed by atoms with Crippen LogP contribution in [0.1, 0.15) is 29.6 Å². The molecule has 1 aromatic carbocycles. The van der Waals surface area contributed by atoms with Gasteiger partial charge in [0.05, 0.1) is 18.8 Å². The number of nitrogens with one attached hydrogen (secondary N) is 1. The van der Waals surface area contributed by atoms with E-state index >= 15 is 0 Å². The number of hydrogen-bond donors (Lipinski definition) is 1. The van der Waals surface area contributed by atoms with E-state index in [0.29, 0.717) is 19.6 Å². The third kappa shape index (κ3) is 3.29. The summed E-state index contributed by atoms with van der Waals surface area (Å²) in [6.07, 6.45) is 4.36. The average Bonchev–Trinajstić information content (AvgIpc) is 3.08. The van der Waals surface area contributed by atoms with Gasteiger partial charge in [-0.05, 0) is 23.6 Å². The van der Waals surface area contributed by atoms with E-state index in [1.54, 1.807) is 0 Å². The zero-order valence-corrected chi connectivity index (χ0v) is 14.4. The Labute approximate surface area is 147 Å². The van der Waals surface area contributed by atoms with Gasteiger partial charge in [0.25, 0.3) is 0 Å². The summed E-state index contributed by atoms with van der Waals surface area (Å²) in [5, 5.41) is 3.01. The van der Waals surface area contributed by atoms with Crippen LogP contribution in [-0.4, -0.2) is 40.1 Å². The van der Waals surface area contributed by atoms with Gasteiger partial charge in [-0.15, -0.1) is 0 Å². The SMILES string of the molecule is CCc1ncc2c(n1)CN(C(=O)NC[C@@H]1Cc3ccccc3O1)CC2. The van der Waals surface area contributed by atoms with Gasteiger partial charge in [-0.2, -0.15) is 0 Å². The van der Waals surface area contributed by atoms with Crippen LogP contribution in [0.15, 0.2) is 30.5 Å². The predicted octanol–water partition coefficient (Wildman–Crippen LogP) is 2.11. The molecule has 0 aliphatic carbocycles. The molecule has 0 fully saturated rings. The lowest BCUT2D eigenvalue weighted by molar-refractivity contribution is 0.179. The van der Waals surface area contributed by atoms with Crippen LogP contribution >= 0.6 is 0 Å². The highest BCUT2D eigenvalue weighted by atomic mass is 16.5. The molecule has 4 rings (SSSR count). The normalized spacial score (nSPS) is 18.3. The Morgan fingerprint density at radius 3 is 3.08 bits per heavy atom. The molecule has 6 heteroatoms. The number of aryl methyl sites for hydroxylation is 1. The van der Waals surface area contributed by atoms with Crippen molar-refractivity contribution in [1.29, 1.82) is 0 Å². The first kappa shape index (κ1) is 15.9. The van der Waals surface area contributed by atoms with E-state index in [4.69, 9.17) is 4.74 Å². The number of carbonyl (C=O) groups is 1. The number of rotatable bonds is 3. The number of hydrogen-bond acceptors (Lipinski definition) is 4. The molecule has 6 nitrogen and oxygen atoms in total. The number of urea groups is 1. The molecule has 0 unspecified atom stereocenters. The molecule has 2 aromatic rings.